The third-order valence-corrected chi connectivity index (χ3v) is 4.05. The Labute approximate surface area is 150 Å². The van der Waals surface area contributed by atoms with Gasteiger partial charge in [-0.1, -0.05) is 30.3 Å². The normalized spacial score (nSPS) is 13.5. The quantitative estimate of drug-likeness (QED) is 0.773. The van der Waals surface area contributed by atoms with Crippen LogP contribution in [-0.2, 0) is 11.2 Å². The fourth-order valence-electron chi connectivity index (χ4n) is 2.77. The minimum Gasteiger partial charge on any atom is -0.312 e. The van der Waals surface area contributed by atoms with Gasteiger partial charge in [-0.3, -0.25) is 9.80 Å². The fraction of sp³-hybridized carbons (Fsp3) is 0.167. The number of para-hydroxylation sites is 1. The van der Waals surface area contributed by atoms with Gasteiger partial charge < -0.3 is 5.32 Å². The third kappa shape index (κ3) is 3.59. The Morgan fingerprint density at radius 1 is 1.04 bits per heavy atom. The van der Waals surface area contributed by atoms with E-state index in [4.69, 9.17) is 0 Å². The highest BCUT2D eigenvalue weighted by molar-refractivity contribution is 6.00. The van der Waals surface area contributed by atoms with Gasteiger partial charge in [0.25, 0.3) is 0 Å². The summed E-state index contributed by atoms with van der Waals surface area (Å²) in [5, 5.41) is 20.3. The van der Waals surface area contributed by atoms with Gasteiger partial charge in [0.05, 0.1) is 17.8 Å². The molecule has 0 radical (unpaired) electrons. The number of aromatic nitrogens is 4. The molecule has 1 aliphatic rings. The topological polar surface area (TPSA) is 88.3 Å². The number of hydrazone groups is 1. The van der Waals surface area contributed by atoms with E-state index in [0.29, 0.717) is 12.3 Å². The van der Waals surface area contributed by atoms with Crippen molar-refractivity contribution in [2.45, 2.75) is 12.8 Å². The zero-order valence-electron chi connectivity index (χ0n) is 14.0. The van der Waals surface area contributed by atoms with Gasteiger partial charge in [0.1, 0.15) is 12.2 Å². The van der Waals surface area contributed by atoms with Gasteiger partial charge in [0.2, 0.25) is 5.91 Å². The van der Waals surface area contributed by atoms with Crippen molar-refractivity contribution in [2.75, 3.05) is 11.6 Å². The zero-order chi connectivity index (χ0) is 17.8. The second-order valence-electron chi connectivity index (χ2n) is 5.90. The number of carbonyl (C=O) groups excluding carboxylic acids is 1. The molecule has 8 nitrogen and oxygen atoms in total. The van der Waals surface area contributed by atoms with Crippen molar-refractivity contribution in [3.63, 3.8) is 0 Å². The van der Waals surface area contributed by atoms with Crippen molar-refractivity contribution >= 4 is 17.4 Å². The highest BCUT2D eigenvalue weighted by Crippen LogP contribution is 2.17. The summed E-state index contributed by atoms with van der Waals surface area (Å²) in [5.74, 6) is 0.623. The van der Waals surface area contributed by atoms with Crippen LogP contribution in [0.15, 0.2) is 66.0 Å². The van der Waals surface area contributed by atoms with E-state index in [1.165, 1.54) is 6.33 Å². The van der Waals surface area contributed by atoms with Crippen molar-refractivity contribution in [3.05, 3.63) is 66.5 Å². The maximum Gasteiger partial charge on any atom is 0.229 e. The Hall–Kier alpha value is -3.55. The molecule has 0 bridgehead atoms. The number of nitrogens with one attached hydrogen (secondary N) is 1. The van der Waals surface area contributed by atoms with Crippen LogP contribution < -0.4 is 10.3 Å². The van der Waals surface area contributed by atoms with Crippen LogP contribution >= 0.6 is 0 Å². The first-order valence-corrected chi connectivity index (χ1v) is 8.30. The van der Waals surface area contributed by atoms with Gasteiger partial charge in [0.15, 0.2) is 0 Å². The first-order valence-electron chi connectivity index (χ1n) is 8.30. The van der Waals surface area contributed by atoms with E-state index >= 15 is 0 Å². The monoisotopic (exact) mass is 347 g/mol. The molecule has 1 amide bonds. The summed E-state index contributed by atoms with van der Waals surface area (Å²) in [6.07, 6.45) is 2.54. The van der Waals surface area contributed by atoms with E-state index in [2.05, 4.69) is 25.9 Å². The molecule has 130 valence electrons. The van der Waals surface area contributed by atoms with E-state index in [1.807, 2.05) is 59.6 Å². The first-order chi connectivity index (χ1) is 12.8. The van der Waals surface area contributed by atoms with Crippen molar-refractivity contribution < 1.29 is 4.79 Å². The second-order valence-corrected chi connectivity index (χ2v) is 5.90. The summed E-state index contributed by atoms with van der Waals surface area (Å²) in [4.78, 5) is 12.3. The number of rotatable bonds is 4. The summed E-state index contributed by atoms with van der Waals surface area (Å²) >= 11 is 0. The lowest BCUT2D eigenvalue weighted by atomic mass is 10.1. The summed E-state index contributed by atoms with van der Waals surface area (Å²) < 4.78 is 1.56. The smallest absolute Gasteiger partial charge is 0.229 e. The lowest BCUT2D eigenvalue weighted by molar-refractivity contribution is -0.119. The van der Waals surface area contributed by atoms with Crippen LogP contribution in [0.4, 0.5) is 5.69 Å². The number of hydrogen-bond acceptors (Lipinski definition) is 6. The lowest BCUT2D eigenvalue weighted by Gasteiger charge is -2.12. The second kappa shape index (κ2) is 7.14. The Kier molecular flexibility index (Phi) is 4.38. The van der Waals surface area contributed by atoms with Crippen LogP contribution in [0.25, 0.3) is 5.69 Å². The molecule has 0 fully saturated rings. The number of benzene rings is 2. The molecular weight excluding hydrogens is 330 g/mol. The molecule has 1 aliphatic heterocycles. The summed E-state index contributed by atoms with van der Waals surface area (Å²) in [5.41, 5.74) is 2.78. The Morgan fingerprint density at radius 3 is 2.58 bits per heavy atom. The summed E-state index contributed by atoms with van der Waals surface area (Å²) in [7, 11) is 0. The molecule has 0 unspecified atom stereocenters. The lowest BCUT2D eigenvalue weighted by Crippen LogP contribution is -2.30. The molecule has 8 heteroatoms. The van der Waals surface area contributed by atoms with Crippen molar-refractivity contribution in [2.24, 2.45) is 5.10 Å². The Morgan fingerprint density at radius 2 is 1.85 bits per heavy atom. The van der Waals surface area contributed by atoms with Crippen molar-refractivity contribution in [3.8, 4) is 5.69 Å². The molecule has 0 atom stereocenters. The molecule has 2 heterocycles. The largest absolute Gasteiger partial charge is 0.312 e. The van der Waals surface area contributed by atoms with Gasteiger partial charge >= 0.3 is 0 Å². The fourth-order valence-corrected chi connectivity index (χ4v) is 2.77. The molecule has 4 rings (SSSR count). The number of tetrazole rings is 1. The van der Waals surface area contributed by atoms with E-state index in [9.17, 15) is 4.79 Å². The SMILES string of the molecule is O=C(Cc1ccc(-n2cnnn2)cc1)NC1=NN(c2ccccc2)CC1. The highest BCUT2D eigenvalue weighted by atomic mass is 16.1. The molecule has 0 aliphatic carbocycles. The van der Waals surface area contributed by atoms with E-state index in [-0.39, 0.29) is 5.91 Å². The number of hydrogen-bond donors (Lipinski definition) is 1. The third-order valence-electron chi connectivity index (χ3n) is 4.05. The molecule has 1 N–H and O–H groups in total. The number of anilines is 1. The standard InChI is InChI=1S/C18H17N7O/c26-18(12-14-6-8-16(9-7-14)25-13-19-22-23-25)20-17-10-11-24(21-17)15-4-2-1-3-5-15/h1-9,13H,10-12H2,(H,20,21,26). The number of nitrogens with zero attached hydrogens (tertiary/aromatic N) is 6. The molecular formula is C18H17N7O. The first kappa shape index (κ1) is 15.9. The van der Waals surface area contributed by atoms with Crippen molar-refractivity contribution in [1.82, 2.24) is 25.5 Å². The van der Waals surface area contributed by atoms with Gasteiger partial charge in [-0.05, 0) is 40.3 Å². The maximum atomic E-state index is 12.3. The average Bonchev–Trinajstić information content (AvgIpc) is 3.35. The van der Waals surface area contributed by atoms with Crippen LogP contribution in [0.5, 0.6) is 0 Å². The predicted molar refractivity (Wildman–Crippen MR) is 96.8 cm³/mol. The molecule has 0 saturated carbocycles. The average molecular weight is 347 g/mol. The molecule has 0 saturated heterocycles. The van der Waals surface area contributed by atoms with E-state index in [1.54, 1.807) is 4.68 Å². The Bertz CT molecular complexity index is 904. The van der Waals surface area contributed by atoms with E-state index in [0.717, 1.165) is 29.9 Å². The van der Waals surface area contributed by atoms with Gasteiger partial charge in [-0.15, -0.1) is 5.10 Å². The number of carbonyl (C=O) groups is 1. The highest BCUT2D eigenvalue weighted by Gasteiger charge is 2.17. The van der Waals surface area contributed by atoms with Crippen molar-refractivity contribution in [1.29, 1.82) is 0 Å². The summed E-state index contributed by atoms with van der Waals surface area (Å²) in [6.45, 7) is 0.764. The van der Waals surface area contributed by atoms with Crippen LogP contribution in [0, 0.1) is 0 Å². The zero-order valence-corrected chi connectivity index (χ0v) is 14.0. The molecule has 0 spiro atoms. The van der Waals surface area contributed by atoms with Gasteiger partial charge in [0, 0.05) is 13.0 Å². The predicted octanol–water partition coefficient (Wildman–Crippen LogP) is 1.54. The van der Waals surface area contributed by atoms with Crippen LogP contribution in [0.3, 0.4) is 0 Å². The molecule has 26 heavy (non-hydrogen) atoms. The van der Waals surface area contributed by atoms with E-state index < -0.39 is 0 Å². The van der Waals surface area contributed by atoms with Crippen LogP contribution in [-0.4, -0.2) is 38.5 Å². The minimum atomic E-state index is -0.0752. The van der Waals surface area contributed by atoms with Gasteiger partial charge in [-0.2, -0.15) is 5.10 Å². The summed E-state index contributed by atoms with van der Waals surface area (Å²) in [6, 6.07) is 17.5. The number of amidine groups is 1. The minimum absolute atomic E-state index is 0.0752. The van der Waals surface area contributed by atoms with Crippen LogP contribution in [0.1, 0.15) is 12.0 Å². The molecule has 2 aromatic carbocycles. The van der Waals surface area contributed by atoms with Crippen LogP contribution in [0.2, 0.25) is 0 Å². The Balaban J connectivity index is 1.35. The van der Waals surface area contributed by atoms with Gasteiger partial charge in [-0.25, -0.2) is 4.68 Å². The number of amides is 1. The maximum absolute atomic E-state index is 12.3. The molecule has 1 aromatic heterocycles. The molecule has 3 aromatic rings.